The summed E-state index contributed by atoms with van der Waals surface area (Å²) in [6, 6.07) is 0.297. The van der Waals surface area contributed by atoms with E-state index in [1.54, 1.807) is 4.68 Å². The molecule has 0 spiro atoms. The number of aromatic nitrogens is 5. The average Bonchev–Trinajstić information content (AvgIpc) is 3.16. The lowest BCUT2D eigenvalue weighted by Crippen LogP contribution is -2.31. The zero-order chi connectivity index (χ0) is 13.9. The van der Waals surface area contributed by atoms with Gasteiger partial charge in [-0.05, 0) is 13.3 Å². The van der Waals surface area contributed by atoms with Crippen molar-refractivity contribution in [3.05, 3.63) is 29.8 Å². The van der Waals surface area contributed by atoms with Crippen LogP contribution in [0.1, 0.15) is 30.7 Å². The Morgan fingerprint density at radius 2 is 2.35 bits per heavy atom. The summed E-state index contributed by atoms with van der Waals surface area (Å²) >= 11 is 0. The van der Waals surface area contributed by atoms with Gasteiger partial charge in [0.05, 0.1) is 11.9 Å². The van der Waals surface area contributed by atoms with Crippen LogP contribution < -0.4 is 5.32 Å². The van der Waals surface area contributed by atoms with Crippen LogP contribution in [0.25, 0.3) is 0 Å². The molecule has 2 aromatic heterocycles. The van der Waals surface area contributed by atoms with Crippen LogP contribution in [0.4, 0.5) is 0 Å². The number of nitrogens with zero attached hydrogens (tertiary/aromatic N) is 5. The summed E-state index contributed by atoms with van der Waals surface area (Å²) in [4.78, 5) is 0. The lowest BCUT2D eigenvalue weighted by atomic mass is 10.1. The fraction of sp³-hybridized carbons (Fsp3) is 0.615. The summed E-state index contributed by atoms with van der Waals surface area (Å²) in [6.07, 6.45) is 6.93. The van der Waals surface area contributed by atoms with E-state index in [-0.39, 0.29) is 6.10 Å². The minimum absolute atomic E-state index is 0.0740. The predicted molar refractivity (Wildman–Crippen MR) is 72.8 cm³/mol. The Bertz CT molecular complexity index is 563. The molecule has 2 aromatic rings. The number of aryl methyl sites for hydroxylation is 2. The first-order chi connectivity index (χ1) is 9.76. The maximum Gasteiger partial charge on any atom is 0.101 e. The van der Waals surface area contributed by atoms with Gasteiger partial charge in [0.25, 0.3) is 0 Å². The summed E-state index contributed by atoms with van der Waals surface area (Å²) in [5.74, 6) is 0. The average molecular weight is 276 g/mol. The Morgan fingerprint density at radius 1 is 1.45 bits per heavy atom. The molecule has 0 bridgehead atoms. The largest absolute Gasteiger partial charge is 0.372 e. The van der Waals surface area contributed by atoms with Gasteiger partial charge in [0.1, 0.15) is 6.10 Å². The number of nitrogens with one attached hydrogen (secondary N) is 1. The number of hydrogen-bond donors (Lipinski definition) is 1. The molecule has 7 nitrogen and oxygen atoms in total. The topological polar surface area (TPSA) is 69.8 Å². The van der Waals surface area contributed by atoms with Crippen LogP contribution >= 0.6 is 0 Å². The second-order valence-corrected chi connectivity index (χ2v) is 5.08. The molecule has 0 unspecified atom stereocenters. The lowest BCUT2D eigenvalue weighted by molar-refractivity contribution is 0.0983. The molecule has 1 aliphatic rings. The number of hydrogen-bond acceptors (Lipinski definition) is 5. The van der Waals surface area contributed by atoms with Gasteiger partial charge < -0.3 is 10.1 Å². The molecule has 3 rings (SSSR count). The van der Waals surface area contributed by atoms with Gasteiger partial charge in [0.2, 0.25) is 0 Å². The molecule has 1 N–H and O–H groups in total. The zero-order valence-electron chi connectivity index (χ0n) is 11.9. The molecular formula is C13H20N6O. The van der Waals surface area contributed by atoms with Gasteiger partial charge in [-0.3, -0.25) is 9.36 Å². The van der Waals surface area contributed by atoms with Gasteiger partial charge in [-0.25, -0.2) is 0 Å². The Balaban J connectivity index is 1.61. The molecule has 0 aromatic carbocycles. The Hall–Kier alpha value is -1.73. The van der Waals surface area contributed by atoms with E-state index in [1.807, 2.05) is 30.3 Å². The van der Waals surface area contributed by atoms with E-state index in [1.165, 1.54) is 0 Å². The van der Waals surface area contributed by atoms with Gasteiger partial charge in [0, 0.05) is 50.7 Å². The fourth-order valence-electron chi connectivity index (χ4n) is 2.52. The van der Waals surface area contributed by atoms with Gasteiger partial charge in [-0.15, -0.1) is 5.10 Å². The third kappa shape index (κ3) is 2.73. The first kappa shape index (κ1) is 13.3. The quantitative estimate of drug-likeness (QED) is 0.868. The minimum atomic E-state index is 0.0740. The van der Waals surface area contributed by atoms with Crippen molar-refractivity contribution in [3.8, 4) is 0 Å². The second-order valence-electron chi connectivity index (χ2n) is 5.08. The molecular weight excluding hydrogens is 256 g/mol. The van der Waals surface area contributed by atoms with E-state index < -0.39 is 0 Å². The van der Waals surface area contributed by atoms with E-state index in [2.05, 4.69) is 27.7 Å². The molecule has 108 valence electrons. The fourth-order valence-corrected chi connectivity index (χ4v) is 2.52. The van der Waals surface area contributed by atoms with Crippen molar-refractivity contribution in [2.24, 2.45) is 7.05 Å². The maximum absolute atomic E-state index is 5.82. The van der Waals surface area contributed by atoms with Crippen molar-refractivity contribution < 1.29 is 4.74 Å². The van der Waals surface area contributed by atoms with Crippen LogP contribution in [0.2, 0.25) is 0 Å². The molecule has 0 amide bonds. The molecule has 3 heterocycles. The molecule has 0 saturated carbocycles. The molecule has 0 radical (unpaired) electrons. The Morgan fingerprint density at radius 3 is 3.05 bits per heavy atom. The van der Waals surface area contributed by atoms with E-state index in [0.717, 1.165) is 30.8 Å². The predicted octanol–water partition coefficient (Wildman–Crippen LogP) is 0.651. The highest BCUT2D eigenvalue weighted by molar-refractivity contribution is 5.12. The van der Waals surface area contributed by atoms with Gasteiger partial charge in [0.15, 0.2) is 0 Å². The number of ether oxygens (including phenoxy) is 1. The number of rotatable bonds is 5. The van der Waals surface area contributed by atoms with Crippen LogP contribution in [0.3, 0.4) is 0 Å². The van der Waals surface area contributed by atoms with Crippen molar-refractivity contribution >= 4 is 0 Å². The van der Waals surface area contributed by atoms with Crippen LogP contribution in [0.5, 0.6) is 0 Å². The van der Waals surface area contributed by atoms with E-state index in [0.29, 0.717) is 12.6 Å². The Kier molecular flexibility index (Phi) is 3.79. The normalized spacial score (nSPS) is 22.5. The third-order valence-electron chi connectivity index (χ3n) is 3.60. The molecule has 20 heavy (non-hydrogen) atoms. The summed E-state index contributed by atoms with van der Waals surface area (Å²) in [5.41, 5.74) is 2.09. The van der Waals surface area contributed by atoms with Crippen molar-refractivity contribution in [1.29, 1.82) is 0 Å². The van der Waals surface area contributed by atoms with E-state index in [4.69, 9.17) is 4.74 Å². The lowest BCUT2D eigenvalue weighted by Gasteiger charge is -2.18. The summed E-state index contributed by atoms with van der Waals surface area (Å²) in [6.45, 7) is 4.39. The van der Waals surface area contributed by atoms with Crippen molar-refractivity contribution in [1.82, 2.24) is 30.1 Å². The SMILES string of the molecule is CCn1cc(CN[C@@H]2CCO[C@H]2c2cnn(C)c2)nn1. The highest BCUT2D eigenvalue weighted by Gasteiger charge is 2.30. The van der Waals surface area contributed by atoms with Crippen molar-refractivity contribution in [2.45, 2.75) is 38.6 Å². The standard InChI is InChI=1S/C13H20N6O/c1-3-19-9-11(16-17-19)7-14-12-4-5-20-13(12)10-6-15-18(2)8-10/h6,8-9,12-14H,3-5,7H2,1-2H3/t12-,13+/m1/s1. The summed E-state index contributed by atoms with van der Waals surface area (Å²) in [5, 5.41) is 15.9. The van der Waals surface area contributed by atoms with Gasteiger partial charge >= 0.3 is 0 Å². The first-order valence-electron chi connectivity index (χ1n) is 6.99. The molecule has 7 heteroatoms. The van der Waals surface area contributed by atoms with Gasteiger partial charge in [-0.1, -0.05) is 5.21 Å². The van der Waals surface area contributed by atoms with Crippen LogP contribution in [-0.4, -0.2) is 37.4 Å². The smallest absolute Gasteiger partial charge is 0.101 e. The molecule has 2 atom stereocenters. The molecule has 1 aliphatic heterocycles. The Labute approximate surface area is 117 Å². The summed E-state index contributed by atoms with van der Waals surface area (Å²) < 4.78 is 9.46. The van der Waals surface area contributed by atoms with Crippen LogP contribution in [0.15, 0.2) is 18.6 Å². The molecule has 0 aliphatic carbocycles. The highest BCUT2D eigenvalue weighted by Crippen LogP contribution is 2.28. The molecule has 1 saturated heterocycles. The second kappa shape index (κ2) is 5.72. The zero-order valence-corrected chi connectivity index (χ0v) is 11.9. The van der Waals surface area contributed by atoms with Gasteiger partial charge in [-0.2, -0.15) is 5.10 Å². The van der Waals surface area contributed by atoms with E-state index in [9.17, 15) is 0 Å². The van der Waals surface area contributed by atoms with E-state index >= 15 is 0 Å². The highest BCUT2D eigenvalue weighted by atomic mass is 16.5. The monoisotopic (exact) mass is 276 g/mol. The molecule has 1 fully saturated rings. The maximum atomic E-state index is 5.82. The van der Waals surface area contributed by atoms with Crippen LogP contribution in [-0.2, 0) is 24.9 Å². The summed E-state index contributed by atoms with van der Waals surface area (Å²) in [7, 11) is 1.92. The third-order valence-corrected chi connectivity index (χ3v) is 3.60. The van der Waals surface area contributed by atoms with Crippen molar-refractivity contribution in [3.63, 3.8) is 0 Å². The van der Waals surface area contributed by atoms with Crippen molar-refractivity contribution in [2.75, 3.05) is 6.61 Å². The first-order valence-corrected chi connectivity index (χ1v) is 6.99. The van der Waals surface area contributed by atoms with Crippen LogP contribution in [0, 0.1) is 0 Å². The minimum Gasteiger partial charge on any atom is -0.372 e.